The minimum absolute atomic E-state index is 0.176. The summed E-state index contributed by atoms with van der Waals surface area (Å²) in [5.41, 5.74) is 0.411. The first-order valence-electron chi connectivity index (χ1n) is 3.57. The van der Waals surface area contributed by atoms with Crippen molar-refractivity contribution in [3.05, 3.63) is 16.5 Å². The molecule has 68 valence electrons. The van der Waals surface area contributed by atoms with Gasteiger partial charge in [0.15, 0.2) is 0 Å². The van der Waals surface area contributed by atoms with E-state index in [9.17, 15) is 9.59 Å². The molecule has 0 fully saturated rings. The van der Waals surface area contributed by atoms with Gasteiger partial charge in [0.25, 0.3) is 5.91 Å². The Morgan fingerprint density at radius 3 is 2.92 bits per heavy atom. The van der Waals surface area contributed by atoms with Crippen molar-refractivity contribution >= 4 is 28.2 Å². The van der Waals surface area contributed by atoms with Crippen LogP contribution >= 0.6 is 11.3 Å². The maximum Gasteiger partial charge on any atom is 0.345 e. The smallest absolute Gasteiger partial charge is 0.345 e. The summed E-state index contributed by atoms with van der Waals surface area (Å²) >= 11 is 1.08. The molecule has 1 aliphatic rings. The zero-order chi connectivity index (χ0) is 9.42. The number of carboxylic acid groups (broad SMARTS) is 1. The molecule has 3 N–H and O–H groups in total. The van der Waals surface area contributed by atoms with E-state index in [0.29, 0.717) is 17.2 Å². The Hall–Kier alpha value is -1.56. The van der Waals surface area contributed by atoms with Gasteiger partial charge in [-0.2, -0.15) is 0 Å². The third-order valence-electron chi connectivity index (χ3n) is 1.69. The molecule has 1 amide bonds. The monoisotopic (exact) mass is 198 g/mol. The summed E-state index contributed by atoms with van der Waals surface area (Å²) in [6.07, 6.45) is 0. The highest BCUT2D eigenvalue weighted by Gasteiger charge is 2.21. The van der Waals surface area contributed by atoms with Crippen LogP contribution in [-0.2, 0) is 0 Å². The molecule has 1 aromatic rings. The number of fused-ring (bicyclic) bond motifs is 1. The van der Waals surface area contributed by atoms with Gasteiger partial charge in [-0.05, 0) is 6.07 Å². The van der Waals surface area contributed by atoms with Crippen LogP contribution in [0.1, 0.15) is 20.0 Å². The van der Waals surface area contributed by atoms with Crippen LogP contribution in [-0.4, -0.2) is 23.7 Å². The third-order valence-corrected chi connectivity index (χ3v) is 2.77. The minimum atomic E-state index is -1.01. The van der Waals surface area contributed by atoms with Crippen molar-refractivity contribution in [1.82, 2.24) is 5.32 Å². The molecule has 2 rings (SSSR count). The van der Waals surface area contributed by atoms with Crippen molar-refractivity contribution in [2.24, 2.45) is 0 Å². The molecule has 13 heavy (non-hydrogen) atoms. The highest BCUT2D eigenvalue weighted by Crippen LogP contribution is 2.29. The molecular formula is C7H6N2O3S. The lowest BCUT2D eigenvalue weighted by molar-refractivity contribution is 0.0702. The number of carbonyl (C=O) groups excluding carboxylic acids is 1. The SMILES string of the molecule is O=C(O)c1cc2c(s1)NCNC2=O. The molecular weight excluding hydrogens is 192 g/mol. The van der Waals surface area contributed by atoms with Gasteiger partial charge < -0.3 is 15.7 Å². The fourth-order valence-electron chi connectivity index (χ4n) is 1.10. The van der Waals surface area contributed by atoms with E-state index >= 15 is 0 Å². The lowest BCUT2D eigenvalue weighted by Crippen LogP contribution is -2.33. The molecule has 0 aromatic carbocycles. The number of carbonyl (C=O) groups is 2. The summed E-state index contributed by atoms with van der Waals surface area (Å²) in [5.74, 6) is -1.23. The Labute approximate surface area is 77.4 Å². The summed E-state index contributed by atoms with van der Waals surface area (Å²) in [6.45, 7) is 0.353. The Kier molecular flexibility index (Phi) is 1.70. The summed E-state index contributed by atoms with van der Waals surface area (Å²) < 4.78 is 0. The molecule has 0 atom stereocenters. The predicted octanol–water partition coefficient (Wildman–Crippen LogP) is 0.559. The molecule has 0 radical (unpaired) electrons. The number of hydrogen-bond donors (Lipinski definition) is 3. The third kappa shape index (κ3) is 1.25. The van der Waals surface area contributed by atoms with Gasteiger partial charge in [0.2, 0.25) is 0 Å². The summed E-state index contributed by atoms with van der Waals surface area (Å²) in [7, 11) is 0. The van der Waals surface area contributed by atoms with Crippen LogP contribution in [0, 0.1) is 0 Å². The zero-order valence-corrected chi connectivity index (χ0v) is 7.27. The van der Waals surface area contributed by atoms with Gasteiger partial charge in [-0.1, -0.05) is 0 Å². The average Bonchev–Trinajstić information content (AvgIpc) is 2.49. The number of hydrogen-bond acceptors (Lipinski definition) is 4. The van der Waals surface area contributed by atoms with Crippen molar-refractivity contribution < 1.29 is 14.7 Å². The van der Waals surface area contributed by atoms with Gasteiger partial charge in [-0.3, -0.25) is 4.79 Å². The maximum absolute atomic E-state index is 11.2. The molecule has 0 aliphatic carbocycles. The number of anilines is 1. The van der Waals surface area contributed by atoms with Gasteiger partial charge >= 0.3 is 5.97 Å². The lowest BCUT2D eigenvalue weighted by Gasteiger charge is -2.13. The molecule has 6 heteroatoms. The molecule has 0 saturated heterocycles. The highest BCUT2D eigenvalue weighted by molar-refractivity contribution is 7.18. The standard InChI is InChI=1S/C7H6N2O3S/c10-5-3-1-4(7(11)12)13-6(3)9-2-8-5/h1,9H,2H2,(H,8,10)(H,11,12). The number of thiophene rings is 1. The number of aromatic carboxylic acids is 1. The fourth-order valence-corrected chi connectivity index (χ4v) is 1.99. The fraction of sp³-hybridized carbons (Fsp3) is 0.143. The number of amides is 1. The first-order chi connectivity index (χ1) is 6.18. The Balaban J connectivity index is 2.48. The number of nitrogens with one attached hydrogen (secondary N) is 2. The van der Waals surface area contributed by atoms with E-state index in [-0.39, 0.29) is 10.8 Å². The van der Waals surface area contributed by atoms with Crippen molar-refractivity contribution in [1.29, 1.82) is 0 Å². The normalized spacial score (nSPS) is 14.3. The summed E-state index contributed by atoms with van der Waals surface area (Å²) in [5, 5.41) is 14.7. The maximum atomic E-state index is 11.2. The van der Waals surface area contributed by atoms with E-state index in [1.807, 2.05) is 0 Å². The highest BCUT2D eigenvalue weighted by atomic mass is 32.1. The van der Waals surface area contributed by atoms with E-state index in [4.69, 9.17) is 5.11 Å². The van der Waals surface area contributed by atoms with E-state index in [1.54, 1.807) is 0 Å². The van der Waals surface area contributed by atoms with Crippen LogP contribution in [0.5, 0.6) is 0 Å². The average molecular weight is 198 g/mol. The number of rotatable bonds is 1. The Bertz CT molecular complexity index is 385. The minimum Gasteiger partial charge on any atom is -0.477 e. The molecule has 0 unspecified atom stereocenters. The second-order valence-corrected chi connectivity index (χ2v) is 3.57. The second kappa shape index (κ2) is 2.74. The first kappa shape index (κ1) is 8.06. The lowest BCUT2D eigenvalue weighted by atomic mass is 10.2. The van der Waals surface area contributed by atoms with Gasteiger partial charge in [-0.15, -0.1) is 11.3 Å². The predicted molar refractivity (Wildman–Crippen MR) is 47.2 cm³/mol. The van der Waals surface area contributed by atoms with Crippen molar-refractivity contribution in [3.8, 4) is 0 Å². The van der Waals surface area contributed by atoms with Gasteiger partial charge in [0, 0.05) is 0 Å². The quantitative estimate of drug-likeness (QED) is 0.616. The molecule has 0 bridgehead atoms. The molecule has 1 aliphatic heterocycles. The van der Waals surface area contributed by atoms with Crippen LogP contribution < -0.4 is 10.6 Å². The van der Waals surface area contributed by atoms with Crippen LogP contribution in [0.15, 0.2) is 6.07 Å². The van der Waals surface area contributed by atoms with Crippen LogP contribution in [0.3, 0.4) is 0 Å². The Morgan fingerprint density at radius 1 is 1.54 bits per heavy atom. The van der Waals surface area contributed by atoms with E-state index in [1.165, 1.54) is 6.07 Å². The number of carboxylic acids is 1. The molecule has 5 nitrogen and oxygen atoms in total. The van der Waals surface area contributed by atoms with E-state index < -0.39 is 5.97 Å². The summed E-state index contributed by atoms with van der Waals surface area (Å²) in [6, 6.07) is 1.38. The van der Waals surface area contributed by atoms with Crippen molar-refractivity contribution in [3.63, 3.8) is 0 Å². The Morgan fingerprint density at radius 2 is 2.31 bits per heavy atom. The van der Waals surface area contributed by atoms with Gasteiger partial charge in [-0.25, -0.2) is 4.79 Å². The van der Waals surface area contributed by atoms with Crippen LogP contribution in [0.25, 0.3) is 0 Å². The molecule has 0 saturated carbocycles. The second-order valence-electron chi connectivity index (χ2n) is 2.52. The van der Waals surface area contributed by atoms with Crippen molar-refractivity contribution in [2.75, 3.05) is 12.0 Å². The topological polar surface area (TPSA) is 78.4 Å². The molecule has 1 aromatic heterocycles. The zero-order valence-electron chi connectivity index (χ0n) is 6.46. The largest absolute Gasteiger partial charge is 0.477 e. The summed E-state index contributed by atoms with van der Waals surface area (Å²) in [4.78, 5) is 21.9. The first-order valence-corrected chi connectivity index (χ1v) is 4.39. The van der Waals surface area contributed by atoms with Gasteiger partial charge in [0.1, 0.15) is 9.88 Å². The van der Waals surface area contributed by atoms with E-state index in [2.05, 4.69) is 10.6 Å². The van der Waals surface area contributed by atoms with E-state index in [0.717, 1.165) is 11.3 Å². The van der Waals surface area contributed by atoms with Gasteiger partial charge in [0.05, 0.1) is 12.2 Å². The van der Waals surface area contributed by atoms with Crippen molar-refractivity contribution in [2.45, 2.75) is 0 Å². The van der Waals surface area contributed by atoms with Crippen LogP contribution in [0.2, 0.25) is 0 Å². The molecule has 0 spiro atoms. The van der Waals surface area contributed by atoms with Crippen LogP contribution in [0.4, 0.5) is 5.00 Å². The molecule has 2 heterocycles.